The lowest BCUT2D eigenvalue weighted by Gasteiger charge is -2.49. The molecule has 4 heterocycles. The highest BCUT2D eigenvalue weighted by atomic mass is 35.5. The molecule has 110 valence electrons. The molecule has 1 aromatic heterocycles. The van der Waals surface area contributed by atoms with Crippen molar-refractivity contribution < 1.29 is 0 Å². The molecular weight excluding hydrogens is 290 g/mol. The lowest BCUT2D eigenvalue weighted by molar-refractivity contribution is 0.0630. The maximum atomic E-state index is 7.06. The Kier molecular flexibility index (Phi) is 4.53. The van der Waals surface area contributed by atoms with Gasteiger partial charge in [-0.25, -0.2) is 4.98 Å². The van der Waals surface area contributed by atoms with Crippen molar-refractivity contribution in [2.45, 2.75) is 42.5 Å². The molecular formula is C15H22ClN3S. The minimum Gasteiger partial charge on any atom is -0.301 e. The zero-order valence-electron chi connectivity index (χ0n) is 12.0. The quantitative estimate of drug-likeness (QED) is 0.472. The zero-order valence-corrected chi connectivity index (χ0v) is 13.6. The van der Waals surface area contributed by atoms with Crippen LogP contribution in [0.2, 0.25) is 0 Å². The molecule has 0 spiro atoms. The Morgan fingerprint density at radius 3 is 2.75 bits per heavy atom. The monoisotopic (exact) mass is 311 g/mol. The summed E-state index contributed by atoms with van der Waals surface area (Å²) in [5, 5.41) is 1.05. The summed E-state index contributed by atoms with van der Waals surface area (Å²) in [4.78, 5) is 11.3. The van der Waals surface area contributed by atoms with Crippen molar-refractivity contribution in [1.29, 1.82) is 0 Å². The van der Waals surface area contributed by atoms with Gasteiger partial charge in [0.15, 0.2) is 0 Å². The van der Waals surface area contributed by atoms with E-state index >= 15 is 0 Å². The van der Waals surface area contributed by atoms with Crippen LogP contribution in [0, 0.1) is 5.92 Å². The smallest absolute Gasteiger partial charge is 0.119 e. The summed E-state index contributed by atoms with van der Waals surface area (Å²) in [6.07, 6.45) is 8.40. The van der Waals surface area contributed by atoms with Gasteiger partial charge in [-0.3, -0.25) is 4.98 Å². The van der Waals surface area contributed by atoms with Crippen LogP contribution in [0.3, 0.4) is 0 Å². The molecule has 2 bridgehead atoms. The first-order valence-electron chi connectivity index (χ1n) is 7.59. The summed E-state index contributed by atoms with van der Waals surface area (Å²) in [6.45, 7) is 5.53. The van der Waals surface area contributed by atoms with Crippen LogP contribution in [-0.2, 0) is 4.87 Å². The maximum absolute atomic E-state index is 7.06. The van der Waals surface area contributed by atoms with Crippen molar-refractivity contribution in [2.24, 2.45) is 5.92 Å². The highest BCUT2D eigenvalue weighted by Gasteiger charge is 2.48. The maximum Gasteiger partial charge on any atom is 0.119 e. The van der Waals surface area contributed by atoms with Crippen molar-refractivity contribution in [3.8, 4) is 0 Å². The fourth-order valence-electron chi connectivity index (χ4n) is 3.30. The van der Waals surface area contributed by atoms with Crippen molar-refractivity contribution >= 4 is 23.4 Å². The van der Waals surface area contributed by atoms with Crippen molar-refractivity contribution in [3.05, 3.63) is 18.1 Å². The van der Waals surface area contributed by atoms with Gasteiger partial charge in [-0.15, -0.1) is 23.4 Å². The van der Waals surface area contributed by atoms with Gasteiger partial charge in [-0.05, 0) is 44.0 Å². The Morgan fingerprint density at radius 1 is 1.35 bits per heavy atom. The normalized spacial score (nSPS) is 32.5. The molecule has 3 saturated heterocycles. The van der Waals surface area contributed by atoms with Gasteiger partial charge in [0, 0.05) is 18.9 Å². The number of thioether (sulfide) groups is 1. The molecule has 1 unspecified atom stereocenters. The molecule has 3 nitrogen and oxygen atoms in total. The molecule has 3 aliphatic heterocycles. The first-order chi connectivity index (χ1) is 9.74. The van der Waals surface area contributed by atoms with E-state index in [4.69, 9.17) is 11.6 Å². The zero-order chi connectivity index (χ0) is 14.0. The third kappa shape index (κ3) is 2.70. The Balaban J connectivity index is 1.85. The predicted octanol–water partition coefficient (Wildman–Crippen LogP) is 3.53. The molecule has 4 rings (SSSR count). The second-order valence-corrected chi connectivity index (χ2v) is 7.58. The van der Waals surface area contributed by atoms with E-state index in [1.807, 2.05) is 11.8 Å². The van der Waals surface area contributed by atoms with Gasteiger partial charge in [0.25, 0.3) is 0 Å². The highest BCUT2D eigenvalue weighted by Crippen LogP contribution is 2.48. The first-order valence-corrected chi connectivity index (χ1v) is 8.96. The van der Waals surface area contributed by atoms with Crippen LogP contribution in [0.5, 0.6) is 0 Å². The summed E-state index contributed by atoms with van der Waals surface area (Å²) in [7, 11) is 0. The van der Waals surface area contributed by atoms with Crippen LogP contribution in [-0.4, -0.2) is 40.3 Å². The molecule has 0 radical (unpaired) electrons. The van der Waals surface area contributed by atoms with E-state index in [0.29, 0.717) is 5.92 Å². The highest BCUT2D eigenvalue weighted by molar-refractivity contribution is 7.99. The Labute approximate surface area is 130 Å². The lowest BCUT2D eigenvalue weighted by atomic mass is 9.76. The molecule has 0 N–H and O–H groups in total. The van der Waals surface area contributed by atoms with E-state index in [1.165, 1.54) is 38.8 Å². The van der Waals surface area contributed by atoms with Gasteiger partial charge in [-0.1, -0.05) is 13.3 Å². The van der Waals surface area contributed by atoms with Crippen LogP contribution in [0.25, 0.3) is 0 Å². The molecule has 5 heteroatoms. The van der Waals surface area contributed by atoms with Crippen molar-refractivity contribution in [3.63, 3.8) is 0 Å². The van der Waals surface area contributed by atoms with Crippen molar-refractivity contribution in [1.82, 2.24) is 14.9 Å². The number of alkyl halides is 1. The van der Waals surface area contributed by atoms with E-state index in [0.717, 1.165) is 23.0 Å². The number of nitrogens with zero attached hydrogens (tertiary/aromatic N) is 3. The largest absolute Gasteiger partial charge is 0.301 e. The fraction of sp³-hybridized carbons (Fsp3) is 0.733. The molecule has 0 aliphatic carbocycles. The molecule has 0 saturated carbocycles. The van der Waals surface area contributed by atoms with Gasteiger partial charge in [0.05, 0.1) is 5.69 Å². The molecule has 0 amide bonds. The summed E-state index contributed by atoms with van der Waals surface area (Å²) in [6, 6.07) is 0. The fourth-order valence-corrected chi connectivity index (χ4v) is 5.02. The van der Waals surface area contributed by atoms with Gasteiger partial charge in [0.1, 0.15) is 9.90 Å². The average Bonchev–Trinajstić information content (AvgIpc) is 2.49. The number of hydrogen-bond acceptors (Lipinski definition) is 4. The standard InChI is InChI=1S/C15H22ClN3S/c1-2-3-10-20-14-13(17-6-7-18-14)15(16)11-19-8-4-12(15)5-9-19/h6-7,12H,2-5,8-11H2,1H3. The van der Waals surface area contributed by atoms with E-state index in [2.05, 4.69) is 21.8 Å². The van der Waals surface area contributed by atoms with Gasteiger partial charge < -0.3 is 4.90 Å². The van der Waals surface area contributed by atoms with Crippen LogP contribution >= 0.6 is 23.4 Å². The third-order valence-electron chi connectivity index (χ3n) is 4.48. The second kappa shape index (κ2) is 6.20. The van der Waals surface area contributed by atoms with Crippen LogP contribution in [0.15, 0.2) is 17.4 Å². The van der Waals surface area contributed by atoms with Crippen LogP contribution in [0.4, 0.5) is 0 Å². The number of fused-ring (bicyclic) bond motifs is 3. The molecule has 3 aliphatic rings. The first kappa shape index (κ1) is 14.6. The second-order valence-electron chi connectivity index (χ2n) is 5.83. The number of halogens is 1. The minimum absolute atomic E-state index is 0.320. The Hall–Kier alpha value is -0.320. The van der Waals surface area contributed by atoms with Gasteiger partial charge >= 0.3 is 0 Å². The molecule has 3 fully saturated rings. The van der Waals surface area contributed by atoms with Gasteiger partial charge in [-0.2, -0.15) is 0 Å². The SMILES string of the molecule is CCCCSc1nccnc1C1(Cl)CN2CCC1CC2. The number of aromatic nitrogens is 2. The van der Waals surface area contributed by atoms with Gasteiger partial charge in [0.2, 0.25) is 0 Å². The van der Waals surface area contributed by atoms with E-state index in [9.17, 15) is 0 Å². The number of rotatable bonds is 5. The van der Waals surface area contributed by atoms with E-state index < -0.39 is 0 Å². The third-order valence-corrected chi connectivity index (χ3v) is 6.16. The summed E-state index contributed by atoms with van der Waals surface area (Å²) in [5.74, 6) is 1.65. The molecule has 20 heavy (non-hydrogen) atoms. The van der Waals surface area contributed by atoms with Crippen LogP contribution < -0.4 is 0 Å². The molecule has 0 aromatic carbocycles. The summed E-state index contributed by atoms with van der Waals surface area (Å²) in [5.41, 5.74) is 1.03. The van der Waals surface area contributed by atoms with Crippen LogP contribution in [0.1, 0.15) is 38.3 Å². The number of hydrogen-bond donors (Lipinski definition) is 0. The number of unbranched alkanes of at least 4 members (excludes halogenated alkanes) is 1. The molecule has 1 aromatic rings. The Morgan fingerprint density at radius 2 is 2.10 bits per heavy atom. The minimum atomic E-state index is -0.320. The Bertz CT molecular complexity index is 462. The topological polar surface area (TPSA) is 29.0 Å². The average molecular weight is 312 g/mol. The van der Waals surface area contributed by atoms with E-state index in [-0.39, 0.29) is 4.87 Å². The lowest BCUT2D eigenvalue weighted by Crippen LogP contribution is -2.54. The predicted molar refractivity (Wildman–Crippen MR) is 84.4 cm³/mol. The summed E-state index contributed by atoms with van der Waals surface area (Å²) >= 11 is 8.87. The van der Waals surface area contributed by atoms with E-state index in [1.54, 1.807) is 12.4 Å². The molecule has 1 atom stereocenters. The van der Waals surface area contributed by atoms with Crippen molar-refractivity contribution in [2.75, 3.05) is 25.4 Å². The number of piperidine rings is 3. The summed E-state index contributed by atoms with van der Waals surface area (Å²) < 4.78 is 0.